The molecule has 3 nitrogen and oxygen atoms in total. The molecule has 114 valence electrons. The SMILES string of the molecule is CCn1cc(COc2ccc(Cl)cc2)c2cccc(CN)c21. The van der Waals surface area contributed by atoms with Gasteiger partial charge < -0.3 is 15.0 Å². The third kappa shape index (κ3) is 2.82. The van der Waals surface area contributed by atoms with E-state index < -0.39 is 0 Å². The second-order valence-electron chi connectivity index (χ2n) is 5.20. The van der Waals surface area contributed by atoms with Crippen LogP contribution in [0.4, 0.5) is 0 Å². The molecule has 2 N–H and O–H groups in total. The van der Waals surface area contributed by atoms with Crippen molar-refractivity contribution in [1.29, 1.82) is 0 Å². The minimum absolute atomic E-state index is 0.527. The second-order valence-corrected chi connectivity index (χ2v) is 5.64. The van der Waals surface area contributed by atoms with Crippen molar-refractivity contribution in [2.45, 2.75) is 26.6 Å². The van der Waals surface area contributed by atoms with Gasteiger partial charge in [-0.25, -0.2) is 0 Å². The van der Waals surface area contributed by atoms with Gasteiger partial charge in [0.1, 0.15) is 12.4 Å². The molecular formula is C18H19ClN2O. The van der Waals surface area contributed by atoms with Crippen molar-refractivity contribution >= 4 is 22.5 Å². The number of rotatable bonds is 5. The van der Waals surface area contributed by atoms with Gasteiger partial charge in [-0.1, -0.05) is 29.8 Å². The molecule has 0 aliphatic rings. The first-order valence-corrected chi connectivity index (χ1v) is 7.78. The van der Waals surface area contributed by atoms with Crippen LogP contribution in [0, 0.1) is 0 Å². The first-order chi connectivity index (χ1) is 10.7. The maximum Gasteiger partial charge on any atom is 0.119 e. The molecule has 3 rings (SSSR count). The standard InChI is InChI=1S/C18H19ClN2O/c1-2-21-11-14(12-22-16-8-6-15(19)7-9-16)17-5-3-4-13(10-20)18(17)21/h3-9,11H,2,10,12,20H2,1H3. The molecule has 0 bridgehead atoms. The van der Waals surface area contributed by atoms with E-state index in [0.29, 0.717) is 18.2 Å². The minimum atomic E-state index is 0.527. The van der Waals surface area contributed by atoms with Gasteiger partial charge in [0.05, 0.1) is 5.52 Å². The van der Waals surface area contributed by atoms with Gasteiger partial charge in [-0.15, -0.1) is 0 Å². The lowest BCUT2D eigenvalue weighted by Crippen LogP contribution is -2.00. The third-order valence-corrected chi connectivity index (χ3v) is 4.08. The van der Waals surface area contributed by atoms with Crippen LogP contribution in [0.25, 0.3) is 10.9 Å². The van der Waals surface area contributed by atoms with E-state index in [1.807, 2.05) is 24.3 Å². The number of benzene rings is 2. The number of nitrogens with two attached hydrogens (primary N) is 1. The summed E-state index contributed by atoms with van der Waals surface area (Å²) in [6.07, 6.45) is 2.15. The van der Waals surface area contributed by atoms with Crippen molar-refractivity contribution < 1.29 is 4.74 Å². The van der Waals surface area contributed by atoms with E-state index in [0.717, 1.165) is 17.9 Å². The Hall–Kier alpha value is -1.97. The van der Waals surface area contributed by atoms with Gasteiger partial charge in [0.2, 0.25) is 0 Å². The summed E-state index contributed by atoms with van der Waals surface area (Å²) in [5, 5.41) is 1.92. The highest BCUT2D eigenvalue weighted by atomic mass is 35.5. The van der Waals surface area contributed by atoms with E-state index in [2.05, 4.69) is 35.9 Å². The fraction of sp³-hybridized carbons (Fsp3) is 0.222. The molecule has 0 atom stereocenters. The van der Waals surface area contributed by atoms with Gasteiger partial charge in [-0.2, -0.15) is 0 Å². The molecule has 0 saturated heterocycles. The Balaban J connectivity index is 1.92. The number of fused-ring (bicyclic) bond motifs is 1. The van der Waals surface area contributed by atoms with Crippen LogP contribution >= 0.6 is 11.6 Å². The molecule has 0 fully saturated rings. The fourth-order valence-corrected chi connectivity index (χ4v) is 2.86. The Kier molecular flexibility index (Phi) is 4.36. The molecule has 0 unspecified atom stereocenters. The zero-order valence-corrected chi connectivity index (χ0v) is 13.3. The van der Waals surface area contributed by atoms with Crippen LogP contribution in [-0.4, -0.2) is 4.57 Å². The average molecular weight is 315 g/mol. The maximum atomic E-state index is 5.89. The van der Waals surface area contributed by atoms with Crippen molar-refractivity contribution in [2.24, 2.45) is 5.73 Å². The molecular weight excluding hydrogens is 296 g/mol. The molecule has 1 heterocycles. The molecule has 0 radical (unpaired) electrons. The summed E-state index contributed by atoms with van der Waals surface area (Å²) in [7, 11) is 0. The van der Waals surface area contributed by atoms with E-state index in [9.17, 15) is 0 Å². The lowest BCUT2D eigenvalue weighted by atomic mass is 10.1. The summed E-state index contributed by atoms with van der Waals surface area (Å²) in [4.78, 5) is 0. The zero-order chi connectivity index (χ0) is 15.5. The van der Waals surface area contributed by atoms with E-state index in [-0.39, 0.29) is 0 Å². The summed E-state index contributed by atoms with van der Waals surface area (Å²) in [5.74, 6) is 0.816. The van der Waals surface area contributed by atoms with E-state index in [1.165, 1.54) is 16.5 Å². The average Bonchev–Trinajstić information content (AvgIpc) is 2.92. The van der Waals surface area contributed by atoms with Gasteiger partial charge in [0.25, 0.3) is 0 Å². The number of ether oxygens (including phenoxy) is 1. The van der Waals surface area contributed by atoms with E-state index >= 15 is 0 Å². The molecule has 0 saturated carbocycles. The van der Waals surface area contributed by atoms with E-state index in [1.54, 1.807) is 0 Å². The highest BCUT2D eigenvalue weighted by Crippen LogP contribution is 2.26. The Morgan fingerprint density at radius 3 is 2.55 bits per heavy atom. The topological polar surface area (TPSA) is 40.2 Å². The lowest BCUT2D eigenvalue weighted by molar-refractivity contribution is 0.307. The van der Waals surface area contributed by atoms with Crippen molar-refractivity contribution in [1.82, 2.24) is 4.57 Å². The summed E-state index contributed by atoms with van der Waals surface area (Å²) in [6.45, 7) is 4.11. The zero-order valence-electron chi connectivity index (χ0n) is 12.6. The highest BCUT2D eigenvalue weighted by molar-refractivity contribution is 6.30. The lowest BCUT2D eigenvalue weighted by Gasteiger charge is -2.06. The van der Waals surface area contributed by atoms with Crippen molar-refractivity contribution in [3.8, 4) is 5.75 Å². The molecule has 1 aromatic heterocycles. The van der Waals surface area contributed by atoms with Crippen LogP contribution in [-0.2, 0) is 19.7 Å². The Labute approximate surface area is 135 Å². The summed E-state index contributed by atoms with van der Waals surface area (Å²) < 4.78 is 8.12. The highest BCUT2D eigenvalue weighted by Gasteiger charge is 2.11. The maximum absolute atomic E-state index is 5.89. The normalized spacial score (nSPS) is 11.0. The molecule has 0 aliphatic heterocycles. The van der Waals surface area contributed by atoms with Crippen molar-refractivity contribution in [3.63, 3.8) is 0 Å². The Bertz CT molecular complexity index is 778. The van der Waals surface area contributed by atoms with Crippen LogP contribution in [0.5, 0.6) is 5.75 Å². The van der Waals surface area contributed by atoms with Gasteiger partial charge in [0, 0.05) is 35.3 Å². The van der Waals surface area contributed by atoms with Gasteiger partial charge >= 0.3 is 0 Å². The number of nitrogens with zero attached hydrogens (tertiary/aromatic N) is 1. The monoisotopic (exact) mass is 314 g/mol. The first-order valence-electron chi connectivity index (χ1n) is 7.41. The van der Waals surface area contributed by atoms with Crippen LogP contribution in [0.3, 0.4) is 0 Å². The number of hydrogen-bond acceptors (Lipinski definition) is 2. The minimum Gasteiger partial charge on any atom is -0.489 e. The van der Waals surface area contributed by atoms with Gasteiger partial charge in [0.15, 0.2) is 0 Å². The number of halogens is 1. The third-order valence-electron chi connectivity index (χ3n) is 3.83. The predicted molar refractivity (Wildman–Crippen MR) is 91.3 cm³/mol. The predicted octanol–water partition coefficient (Wildman–Crippen LogP) is 4.35. The fourth-order valence-electron chi connectivity index (χ4n) is 2.73. The van der Waals surface area contributed by atoms with Crippen molar-refractivity contribution in [3.05, 3.63) is 64.8 Å². The molecule has 0 amide bonds. The number of para-hydroxylation sites is 1. The van der Waals surface area contributed by atoms with Crippen molar-refractivity contribution in [2.75, 3.05) is 0 Å². The molecule has 0 spiro atoms. The van der Waals surface area contributed by atoms with E-state index in [4.69, 9.17) is 22.1 Å². The largest absolute Gasteiger partial charge is 0.489 e. The number of aromatic nitrogens is 1. The Morgan fingerprint density at radius 1 is 1.09 bits per heavy atom. The smallest absolute Gasteiger partial charge is 0.119 e. The van der Waals surface area contributed by atoms with Crippen LogP contribution in [0.2, 0.25) is 5.02 Å². The van der Waals surface area contributed by atoms with Crippen LogP contribution < -0.4 is 10.5 Å². The molecule has 0 aliphatic carbocycles. The summed E-state index contributed by atoms with van der Waals surface area (Å²) in [5.41, 5.74) is 9.41. The van der Waals surface area contributed by atoms with Crippen LogP contribution in [0.15, 0.2) is 48.7 Å². The molecule has 4 heteroatoms. The van der Waals surface area contributed by atoms with Gasteiger partial charge in [-0.3, -0.25) is 0 Å². The van der Waals surface area contributed by atoms with Gasteiger partial charge in [-0.05, 0) is 36.8 Å². The quantitative estimate of drug-likeness (QED) is 0.760. The first kappa shape index (κ1) is 14.9. The Morgan fingerprint density at radius 2 is 1.86 bits per heavy atom. The molecule has 2 aromatic carbocycles. The molecule has 3 aromatic rings. The molecule has 22 heavy (non-hydrogen) atoms. The van der Waals surface area contributed by atoms with Crippen LogP contribution in [0.1, 0.15) is 18.1 Å². The summed E-state index contributed by atoms with van der Waals surface area (Å²) >= 11 is 5.89. The summed E-state index contributed by atoms with van der Waals surface area (Å²) in [6, 6.07) is 13.7. The number of hydrogen-bond donors (Lipinski definition) is 1. The number of aryl methyl sites for hydroxylation is 1. The second kappa shape index (κ2) is 6.42.